The molecule has 0 N–H and O–H groups in total. The van der Waals surface area contributed by atoms with E-state index in [1.54, 1.807) is 4.90 Å². The maximum atomic E-state index is 12.3. The second-order valence-electron chi connectivity index (χ2n) is 7.01. The average Bonchev–Trinajstić information content (AvgIpc) is 2.47. The van der Waals surface area contributed by atoms with Crippen LogP contribution < -0.4 is 9.47 Å². The number of carbonyl (C=O) groups excluding carboxylic acids is 1. The van der Waals surface area contributed by atoms with Gasteiger partial charge in [0.25, 0.3) is 0 Å². The number of piperidine rings is 1. The van der Waals surface area contributed by atoms with Crippen molar-refractivity contribution >= 4 is 6.09 Å². The van der Waals surface area contributed by atoms with Crippen LogP contribution in [-0.2, 0) is 4.74 Å². The number of amides is 1. The highest BCUT2D eigenvalue weighted by molar-refractivity contribution is 5.68. The molecule has 1 aromatic rings. The van der Waals surface area contributed by atoms with E-state index in [9.17, 15) is 13.6 Å². The number of alkyl halides is 2. The molecule has 0 spiro atoms. The maximum Gasteiger partial charge on any atom is 0.410 e. The molecule has 0 saturated carbocycles. The lowest BCUT2D eigenvalue weighted by atomic mass is 10.0. The molecule has 1 saturated heterocycles. The molecule has 1 aromatic heterocycles. The summed E-state index contributed by atoms with van der Waals surface area (Å²) in [6.45, 7) is 4.82. The summed E-state index contributed by atoms with van der Waals surface area (Å²) in [6, 6.07) is 2.67. The van der Waals surface area contributed by atoms with E-state index in [4.69, 9.17) is 9.47 Å². The van der Waals surface area contributed by atoms with Crippen molar-refractivity contribution in [3.63, 3.8) is 0 Å². The van der Waals surface area contributed by atoms with Gasteiger partial charge in [-0.25, -0.2) is 9.78 Å². The van der Waals surface area contributed by atoms with Crippen molar-refractivity contribution in [1.29, 1.82) is 0 Å². The van der Waals surface area contributed by atoms with Crippen molar-refractivity contribution in [2.75, 3.05) is 6.54 Å². The zero-order valence-electron chi connectivity index (χ0n) is 14.9. The number of ether oxygens (including phenoxy) is 3. The molecule has 1 fully saturated rings. The molecule has 8 heteroatoms. The first-order chi connectivity index (χ1) is 11.6. The molecule has 25 heavy (non-hydrogen) atoms. The lowest BCUT2D eigenvalue weighted by molar-refractivity contribution is -0.0502. The molecule has 0 aromatic carbocycles. The average molecular weight is 358 g/mol. The fourth-order valence-electron chi connectivity index (χ4n) is 2.55. The van der Waals surface area contributed by atoms with Gasteiger partial charge in [-0.3, -0.25) is 0 Å². The number of pyridine rings is 1. The van der Waals surface area contributed by atoms with Crippen molar-refractivity contribution in [3.8, 4) is 11.6 Å². The molecule has 0 aliphatic carbocycles. The minimum absolute atomic E-state index is 0.0202. The Kier molecular flexibility index (Phi) is 6.02. The number of likely N-dealkylation sites (tertiary alicyclic amines) is 1. The van der Waals surface area contributed by atoms with E-state index in [0.29, 0.717) is 6.54 Å². The summed E-state index contributed by atoms with van der Waals surface area (Å²) in [5, 5.41) is 0. The molecule has 1 aliphatic rings. The van der Waals surface area contributed by atoms with Gasteiger partial charge in [-0.15, -0.1) is 0 Å². The van der Waals surface area contributed by atoms with Crippen LogP contribution in [0.2, 0.25) is 0 Å². The van der Waals surface area contributed by atoms with Crippen LogP contribution in [0, 0.1) is 0 Å². The highest BCUT2D eigenvalue weighted by Crippen LogP contribution is 2.25. The van der Waals surface area contributed by atoms with Crippen molar-refractivity contribution in [1.82, 2.24) is 9.88 Å². The van der Waals surface area contributed by atoms with E-state index in [0.717, 1.165) is 12.8 Å². The lowest BCUT2D eigenvalue weighted by Gasteiger charge is -2.38. The van der Waals surface area contributed by atoms with E-state index < -0.39 is 18.3 Å². The predicted octanol–water partition coefficient (Wildman–Crippen LogP) is 3.85. The number of hydrogen-bond donors (Lipinski definition) is 0. The van der Waals surface area contributed by atoms with Gasteiger partial charge in [0.2, 0.25) is 5.88 Å². The van der Waals surface area contributed by atoms with Crippen molar-refractivity contribution in [2.45, 2.75) is 64.9 Å². The van der Waals surface area contributed by atoms with Crippen molar-refractivity contribution < 1.29 is 27.8 Å². The Labute approximate surface area is 146 Å². The van der Waals surface area contributed by atoms with Gasteiger partial charge in [-0.1, -0.05) is 0 Å². The van der Waals surface area contributed by atoms with Gasteiger partial charge in [0.05, 0.1) is 6.54 Å². The smallest absolute Gasteiger partial charge is 0.410 e. The fraction of sp³-hybridized carbons (Fsp3) is 0.647. The molecule has 2 rings (SSSR count). The molecular weight excluding hydrogens is 334 g/mol. The first-order valence-electron chi connectivity index (χ1n) is 8.21. The van der Waals surface area contributed by atoms with Gasteiger partial charge in [0.1, 0.15) is 17.5 Å². The Morgan fingerprint density at radius 1 is 1.36 bits per heavy atom. The van der Waals surface area contributed by atoms with Crippen LogP contribution in [0.3, 0.4) is 0 Å². The molecule has 0 bridgehead atoms. The van der Waals surface area contributed by atoms with Gasteiger partial charge < -0.3 is 19.1 Å². The number of aromatic nitrogens is 1. The van der Waals surface area contributed by atoms with Gasteiger partial charge in [0.15, 0.2) is 0 Å². The number of rotatable bonds is 4. The maximum absolute atomic E-state index is 12.3. The summed E-state index contributed by atoms with van der Waals surface area (Å²) in [6.07, 6.45) is 2.12. The zero-order valence-corrected chi connectivity index (χ0v) is 14.9. The molecular formula is C17H24F2N2O4. The van der Waals surface area contributed by atoms with Crippen LogP contribution in [0.5, 0.6) is 11.6 Å². The van der Waals surface area contributed by atoms with Crippen LogP contribution in [0.15, 0.2) is 18.3 Å². The third kappa shape index (κ3) is 6.03. The minimum atomic E-state index is -2.91. The van der Waals surface area contributed by atoms with E-state index in [-0.39, 0.29) is 23.8 Å². The first-order valence-corrected chi connectivity index (χ1v) is 8.21. The normalized spacial score (nSPS) is 21.2. The molecule has 2 unspecified atom stereocenters. The molecule has 1 aliphatic heterocycles. The zero-order chi connectivity index (χ0) is 18.6. The van der Waals surface area contributed by atoms with Crippen LogP contribution >= 0.6 is 0 Å². The topological polar surface area (TPSA) is 60.9 Å². The lowest BCUT2D eigenvalue weighted by Crippen LogP contribution is -2.50. The van der Waals surface area contributed by atoms with Crippen LogP contribution in [0.1, 0.15) is 40.5 Å². The Hall–Kier alpha value is -2.12. The summed E-state index contributed by atoms with van der Waals surface area (Å²) < 4.78 is 40.1. The van der Waals surface area contributed by atoms with Gasteiger partial charge >= 0.3 is 12.7 Å². The number of hydrogen-bond acceptors (Lipinski definition) is 5. The van der Waals surface area contributed by atoms with Crippen LogP contribution in [-0.4, -0.2) is 46.9 Å². The third-order valence-corrected chi connectivity index (χ3v) is 3.69. The highest BCUT2D eigenvalue weighted by atomic mass is 19.3. The first kappa shape index (κ1) is 19.2. The SMILES string of the molecule is CC1CCC(Oc2cc(OC(F)F)ccn2)CN1C(=O)OC(C)(C)C. The summed E-state index contributed by atoms with van der Waals surface area (Å²) in [5.74, 6) is 0.162. The minimum Gasteiger partial charge on any atom is -0.472 e. The predicted molar refractivity (Wildman–Crippen MR) is 86.9 cm³/mol. The van der Waals surface area contributed by atoms with E-state index >= 15 is 0 Å². The number of carbonyl (C=O) groups is 1. The summed E-state index contributed by atoms with van der Waals surface area (Å²) in [5.41, 5.74) is -0.576. The largest absolute Gasteiger partial charge is 0.472 e. The third-order valence-electron chi connectivity index (χ3n) is 3.69. The Bertz CT molecular complexity index is 592. The molecule has 6 nitrogen and oxygen atoms in total. The molecule has 0 radical (unpaired) electrons. The Morgan fingerprint density at radius 2 is 2.08 bits per heavy atom. The van der Waals surface area contributed by atoms with E-state index in [2.05, 4.69) is 9.72 Å². The Morgan fingerprint density at radius 3 is 2.72 bits per heavy atom. The summed E-state index contributed by atoms with van der Waals surface area (Å²) >= 11 is 0. The molecule has 2 heterocycles. The summed E-state index contributed by atoms with van der Waals surface area (Å²) in [7, 11) is 0. The molecule has 2 atom stereocenters. The quantitative estimate of drug-likeness (QED) is 0.818. The van der Waals surface area contributed by atoms with Crippen molar-refractivity contribution in [2.24, 2.45) is 0 Å². The number of nitrogens with zero attached hydrogens (tertiary/aromatic N) is 2. The number of halogens is 2. The second kappa shape index (κ2) is 7.84. The van der Waals surface area contributed by atoms with Crippen LogP contribution in [0.4, 0.5) is 13.6 Å². The monoisotopic (exact) mass is 358 g/mol. The van der Waals surface area contributed by atoms with Crippen molar-refractivity contribution in [3.05, 3.63) is 18.3 Å². The van der Waals surface area contributed by atoms with Gasteiger partial charge in [-0.05, 0) is 46.6 Å². The molecule has 140 valence electrons. The second-order valence-corrected chi connectivity index (χ2v) is 7.01. The summed E-state index contributed by atoms with van der Waals surface area (Å²) in [4.78, 5) is 18.0. The highest BCUT2D eigenvalue weighted by Gasteiger charge is 2.33. The van der Waals surface area contributed by atoms with E-state index in [1.165, 1.54) is 18.3 Å². The Balaban J connectivity index is 2.00. The van der Waals surface area contributed by atoms with Crippen LogP contribution in [0.25, 0.3) is 0 Å². The van der Waals surface area contributed by atoms with E-state index in [1.807, 2.05) is 27.7 Å². The van der Waals surface area contributed by atoms with Gasteiger partial charge in [-0.2, -0.15) is 8.78 Å². The van der Waals surface area contributed by atoms with Gasteiger partial charge in [0, 0.05) is 18.3 Å². The molecule has 1 amide bonds. The standard InChI is InChI=1S/C17H24F2N2O4/c1-11-5-6-13(10-21(11)16(22)25-17(2,3)4)23-14-9-12(7-8-20-14)24-15(18)19/h7-9,11,13,15H,5-6,10H2,1-4H3. The fourth-order valence-corrected chi connectivity index (χ4v) is 2.55.